The first kappa shape index (κ1) is 27.1. The average molecular weight is 609 g/mol. The van der Waals surface area contributed by atoms with Gasteiger partial charge in [0.15, 0.2) is 0 Å². The lowest BCUT2D eigenvalue weighted by molar-refractivity contribution is -0.133. The monoisotopic (exact) mass is 607 g/mol. The van der Waals surface area contributed by atoms with Crippen molar-refractivity contribution in [2.45, 2.75) is 44.1 Å². The van der Waals surface area contributed by atoms with Gasteiger partial charge >= 0.3 is 0 Å². The van der Waals surface area contributed by atoms with Crippen LogP contribution in [0.3, 0.4) is 0 Å². The topological polar surface area (TPSA) is 72.8 Å². The molecule has 7 nitrogen and oxygen atoms in total. The van der Waals surface area contributed by atoms with Gasteiger partial charge in [0.1, 0.15) is 18.0 Å². The molecule has 6 rings (SSSR count). The van der Waals surface area contributed by atoms with Gasteiger partial charge in [0, 0.05) is 60.6 Å². The maximum Gasteiger partial charge on any atom is 0.232 e. The van der Waals surface area contributed by atoms with Crippen molar-refractivity contribution in [1.29, 1.82) is 0 Å². The van der Waals surface area contributed by atoms with E-state index in [1.807, 2.05) is 29.2 Å². The fourth-order valence-corrected chi connectivity index (χ4v) is 6.50. The van der Waals surface area contributed by atoms with Gasteiger partial charge in [-0.3, -0.25) is 4.79 Å². The van der Waals surface area contributed by atoms with E-state index in [0.29, 0.717) is 55.1 Å². The zero-order valence-corrected chi connectivity index (χ0v) is 24.3. The molecule has 210 valence electrons. The summed E-state index contributed by atoms with van der Waals surface area (Å²) < 4.78 is 16.0. The van der Waals surface area contributed by atoms with Crippen molar-refractivity contribution in [3.05, 3.63) is 82.0 Å². The molecule has 2 heterocycles. The predicted octanol–water partition coefficient (Wildman–Crippen LogP) is 5.27. The second-order valence-electron chi connectivity index (χ2n) is 11.4. The van der Waals surface area contributed by atoms with Crippen LogP contribution in [0.5, 0.6) is 0 Å². The molecule has 3 atom stereocenters. The van der Waals surface area contributed by atoms with E-state index in [9.17, 15) is 9.90 Å². The SMILES string of the molecule is C[C@@H]1C[C@H](O)c2ncnc(N3CCN(C(=O)[C@H](CN(CC4CC4)c4ccccc4)c4ccc(Br)cc4F)CC3)c21. The van der Waals surface area contributed by atoms with E-state index in [-0.39, 0.29) is 17.6 Å². The molecule has 1 N–H and O–H groups in total. The number of fused-ring (bicyclic) bond motifs is 1. The maximum atomic E-state index is 15.4. The molecule has 1 aromatic heterocycles. The Morgan fingerprint density at radius 2 is 1.88 bits per heavy atom. The first-order chi connectivity index (χ1) is 19.4. The lowest BCUT2D eigenvalue weighted by atomic mass is 9.95. The molecule has 0 unspecified atom stereocenters. The van der Waals surface area contributed by atoms with Gasteiger partial charge < -0.3 is 19.8 Å². The summed E-state index contributed by atoms with van der Waals surface area (Å²) in [5, 5.41) is 10.4. The minimum atomic E-state index is -0.628. The molecular weight excluding hydrogens is 573 g/mol. The predicted molar refractivity (Wildman–Crippen MR) is 157 cm³/mol. The Balaban J connectivity index is 1.24. The number of carbonyl (C=O) groups excluding carboxylic acids is 1. The number of para-hydroxylation sites is 1. The molecule has 2 aromatic carbocycles. The van der Waals surface area contributed by atoms with Crippen molar-refractivity contribution < 1.29 is 14.3 Å². The third-order valence-corrected chi connectivity index (χ3v) is 9.00. The van der Waals surface area contributed by atoms with Crippen LogP contribution < -0.4 is 9.80 Å². The summed E-state index contributed by atoms with van der Waals surface area (Å²) in [7, 11) is 0. The molecule has 1 saturated carbocycles. The van der Waals surface area contributed by atoms with Gasteiger partial charge in [0.05, 0.1) is 17.7 Å². The number of aromatic nitrogens is 2. The number of anilines is 2. The van der Waals surface area contributed by atoms with Gasteiger partial charge in [0.2, 0.25) is 5.91 Å². The summed E-state index contributed by atoms with van der Waals surface area (Å²) in [5.74, 6) is 0.614. The zero-order valence-electron chi connectivity index (χ0n) is 22.7. The van der Waals surface area contributed by atoms with Gasteiger partial charge in [-0.1, -0.05) is 47.1 Å². The number of aliphatic hydroxyl groups is 1. The van der Waals surface area contributed by atoms with Crippen LogP contribution in [0.25, 0.3) is 0 Å². The van der Waals surface area contributed by atoms with Crippen LogP contribution >= 0.6 is 15.9 Å². The largest absolute Gasteiger partial charge is 0.387 e. The van der Waals surface area contributed by atoms with Crippen LogP contribution in [0.1, 0.15) is 60.9 Å². The Morgan fingerprint density at radius 1 is 1.12 bits per heavy atom. The van der Waals surface area contributed by atoms with Crippen molar-refractivity contribution in [3.8, 4) is 0 Å². The number of benzene rings is 2. The summed E-state index contributed by atoms with van der Waals surface area (Å²) >= 11 is 3.37. The molecule has 2 fully saturated rings. The molecule has 1 amide bonds. The average Bonchev–Trinajstić information content (AvgIpc) is 3.74. The second-order valence-corrected chi connectivity index (χ2v) is 12.3. The molecule has 0 spiro atoms. The van der Waals surface area contributed by atoms with E-state index in [0.717, 1.165) is 29.3 Å². The number of amides is 1. The number of carbonyl (C=O) groups is 1. The molecule has 1 saturated heterocycles. The smallest absolute Gasteiger partial charge is 0.232 e. The van der Waals surface area contributed by atoms with Crippen molar-refractivity contribution in [1.82, 2.24) is 14.9 Å². The third kappa shape index (κ3) is 5.59. The van der Waals surface area contributed by atoms with Crippen molar-refractivity contribution >= 4 is 33.3 Å². The van der Waals surface area contributed by atoms with E-state index in [4.69, 9.17) is 0 Å². The lowest BCUT2D eigenvalue weighted by Crippen LogP contribution is -2.51. The number of nitrogens with zero attached hydrogens (tertiary/aromatic N) is 5. The molecule has 0 bridgehead atoms. The van der Waals surface area contributed by atoms with Crippen LogP contribution in [0, 0.1) is 11.7 Å². The van der Waals surface area contributed by atoms with E-state index >= 15 is 4.39 Å². The molecule has 9 heteroatoms. The fraction of sp³-hybridized carbons (Fsp3) is 0.452. The van der Waals surface area contributed by atoms with E-state index in [1.165, 1.54) is 25.2 Å². The first-order valence-corrected chi connectivity index (χ1v) is 15.0. The van der Waals surface area contributed by atoms with Crippen LogP contribution in [-0.4, -0.2) is 65.2 Å². The Hall–Kier alpha value is -3.04. The Kier molecular flexibility index (Phi) is 7.77. The highest BCUT2D eigenvalue weighted by molar-refractivity contribution is 9.10. The van der Waals surface area contributed by atoms with E-state index in [2.05, 4.69) is 54.8 Å². The van der Waals surface area contributed by atoms with E-state index in [1.54, 1.807) is 6.07 Å². The van der Waals surface area contributed by atoms with Crippen LogP contribution in [0.15, 0.2) is 59.3 Å². The summed E-state index contributed by atoms with van der Waals surface area (Å²) in [6.07, 6.45) is 4.01. The fourth-order valence-electron chi connectivity index (χ4n) is 6.16. The standard InChI is InChI=1S/C31H35BrFN5O2/c1-20-15-27(39)29-28(20)30(35-19-34-29)36-11-13-37(14-12-36)31(40)25(24-10-9-22(32)16-26(24)33)18-38(17-21-7-8-21)23-5-3-2-4-6-23/h2-6,9-10,16,19-21,25,27,39H,7-8,11-15,17-18H2,1H3/t20-,25-,27+/m1/s1. The van der Waals surface area contributed by atoms with Crippen LogP contribution in [0.2, 0.25) is 0 Å². The quantitative estimate of drug-likeness (QED) is 0.376. The number of piperazine rings is 1. The Morgan fingerprint density at radius 3 is 2.58 bits per heavy atom. The van der Waals surface area contributed by atoms with Crippen molar-refractivity contribution in [3.63, 3.8) is 0 Å². The summed E-state index contributed by atoms with van der Waals surface area (Å²) in [6, 6.07) is 15.2. The molecule has 3 aliphatic rings. The Bertz CT molecular complexity index is 1360. The minimum absolute atomic E-state index is 0.0469. The highest BCUT2D eigenvalue weighted by Crippen LogP contribution is 2.43. The van der Waals surface area contributed by atoms with Crippen molar-refractivity contribution in [2.75, 3.05) is 49.1 Å². The molecule has 0 radical (unpaired) electrons. The highest BCUT2D eigenvalue weighted by atomic mass is 79.9. The molecule has 2 aliphatic carbocycles. The molecule has 1 aliphatic heterocycles. The summed E-state index contributed by atoms with van der Waals surface area (Å²) in [4.78, 5) is 29.4. The van der Waals surface area contributed by atoms with Gasteiger partial charge in [-0.05, 0) is 55.4 Å². The van der Waals surface area contributed by atoms with Crippen LogP contribution in [0.4, 0.5) is 15.9 Å². The summed E-state index contributed by atoms with van der Waals surface area (Å²) in [6.45, 7) is 5.68. The third-order valence-electron chi connectivity index (χ3n) is 8.51. The van der Waals surface area contributed by atoms with Gasteiger partial charge in [-0.15, -0.1) is 0 Å². The maximum absolute atomic E-state index is 15.4. The molecule has 40 heavy (non-hydrogen) atoms. The number of rotatable bonds is 8. The van der Waals surface area contributed by atoms with Gasteiger partial charge in [-0.25, -0.2) is 14.4 Å². The first-order valence-electron chi connectivity index (χ1n) is 14.2. The second kappa shape index (κ2) is 11.4. The van der Waals surface area contributed by atoms with E-state index < -0.39 is 12.0 Å². The van der Waals surface area contributed by atoms with Crippen molar-refractivity contribution in [2.24, 2.45) is 5.92 Å². The molecular formula is C31H35BrFN5O2. The number of hydrogen-bond acceptors (Lipinski definition) is 6. The Labute approximate surface area is 243 Å². The van der Waals surface area contributed by atoms with Gasteiger partial charge in [-0.2, -0.15) is 0 Å². The van der Waals surface area contributed by atoms with Gasteiger partial charge in [0.25, 0.3) is 0 Å². The lowest BCUT2D eigenvalue weighted by Gasteiger charge is -2.39. The highest BCUT2D eigenvalue weighted by Gasteiger charge is 2.36. The zero-order chi connectivity index (χ0) is 27.8. The number of halogens is 2. The minimum Gasteiger partial charge on any atom is -0.387 e. The van der Waals surface area contributed by atoms with Crippen LogP contribution in [-0.2, 0) is 4.79 Å². The number of aliphatic hydroxyl groups excluding tert-OH is 1. The summed E-state index contributed by atoms with van der Waals surface area (Å²) in [5.41, 5.74) is 3.23. The normalized spacial score (nSPS) is 21.3. The number of hydrogen-bond donors (Lipinski definition) is 1. The molecule has 3 aromatic rings.